The maximum absolute atomic E-state index is 2.52. The van der Waals surface area contributed by atoms with Crippen LogP contribution >= 0.6 is 0 Å². The Bertz CT molecular complexity index is 1440. The molecular weight excluding hydrogens is 431 g/mol. The van der Waals surface area contributed by atoms with Gasteiger partial charge in [-0.2, -0.15) is 0 Å². The molecule has 4 aliphatic carbocycles. The Morgan fingerprint density at radius 2 is 1.83 bits per heavy atom. The molecule has 3 atom stereocenters. The van der Waals surface area contributed by atoms with E-state index in [2.05, 4.69) is 105 Å². The molecule has 1 heteroatoms. The van der Waals surface area contributed by atoms with Crippen LogP contribution in [0.4, 0.5) is 0 Å². The van der Waals surface area contributed by atoms with E-state index >= 15 is 0 Å². The Labute approximate surface area is 216 Å². The average Bonchev–Trinajstić information content (AvgIpc) is 3.26. The van der Waals surface area contributed by atoms with Crippen molar-refractivity contribution in [3.63, 3.8) is 0 Å². The van der Waals surface area contributed by atoms with Crippen molar-refractivity contribution >= 4 is 18.5 Å². The summed E-state index contributed by atoms with van der Waals surface area (Å²) >= 11 is 0. The topological polar surface area (TPSA) is 0 Å². The standard InChI is InChI=1S/C35H33B/c1-23-14-19-32-33(20-23)35(27-17-18-28-10-4-5-11-29(22-27)36-28)31-13-7-6-12-30(31)34(32)26-16-15-24-8-2-3-9-25(24)21-26/h2-3,5-6,8-9,11-12,14-18,20,22,26,29,32H,4,7,10,13,19,21H2,1H3. The van der Waals surface area contributed by atoms with Crippen molar-refractivity contribution in [3.05, 3.63) is 135 Å². The molecule has 0 saturated carbocycles. The van der Waals surface area contributed by atoms with Crippen LogP contribution in [0.1, 0.15) is 50.2 Å². The molecule has 0 N–H and O–H groups in total. The molecule has 2 aliphatic heterocycles. The Morgan fingerprint density at radius 1 is 0.917 bits per heavy atom. The van der Waals surface area contributed by atoms with Crippen LogP contribution in [0, 0.1) is 11.8 Å². The third-order valence-electron chi connectivity index (χ3n) is 8.79. The van der Waals surface area contributed by atoms with Gasteiger partial charge in [-0.25, -0.2) is 0 Å². The van der Waals surface area contributed by atoms with Gasteiger partial charge >= 0.3 is 211 Å². The molecule has 0 aromatic heterocycles. The van der Waals surface area contributed by atoms with Crippen LogP contribution in [0.2, 0.25) is 5.82 Å². The van der Waals surface area contributed by atoms with Crippen LogP contribution in [-0.4, -0.2) is 12.4 Å². The summed E-state index contributed by atoms with van der Waals surface area (Å²) < 4.78 is 0. The van der Waals surface area contributed by atoms with Gasteiger partial charge in [0.15, 0.2) is 0 Å². The van der Waals surface area contributed by atoms with E-state index in [9.17, 15) is 0 Å². The predicted octanol–water partition coefficient (Wildman–Crippen LogP) is 8.23. The first kappa shape index (κ1) is 22.0. The number of hydrogen-bond acceptors (Lipinski definition) is 0. The van der Waals surface area contributed by atoms with Crippen molar-refractivity contribution in [1.82, 2.24) is 0 Å². The molecule has 2 bridgehead atoms. The summed E-state index contributed by atoms with van der Waals surface area (Å²) in [5.74, 6) is 1.31. The summed E-state index contributed by atoms with van der Waals surface area (Å²) in [6.45, 7) is 4.74. The monoisotopic (exact) mass is 464 g/mol. The Kier molecular flexibility index (Phi) is 5.53. The van der Waals surface area contributed by atoms with Gasteiger partial charge in [-0.15, -0.1) is 0 Å². The number of benzene rings is 1. The molecule has 0 spiro atoms. The molecule has 6 aliphatic rings. The Hall–Kier alpha value is -3.19. The molecule has 1 aromatic carbocycles. The molecule has 3 unspecified atom stereocenters. The molecule has 7 rings (SSSR count). The molecular formula is C35H33B. The van der Waals surface area contributed by atoms with E-state index in [-0.39, 0.29) is 0 Å². The zero-order valence-corrected chi connectivity index (χ0v) is 21.2. The molecule has 0 radical (unpaired) electrons. The van der Waals surface area contributed by atoms with Gasteiger partial charge in [-0.05, 0) is 0 Å². The first-order valence-electron chi connectivity index (χ1n) is 13.8. The van der Waals surface area contributed by atoms with Crippen molar-refractivity contribution < 1.29 is 0 Å². The number of hydrogen-bond donors (Lipinski definition) is 0. The molecule has 176 valence electrons. The molecule has 1 aromatic rings. The molecule has 0 amide bonds. The summed E-state index contributed by atoms with van der Waals surface area (Å²) in [7, 11) is 0. The zero-order valence-electron chi connectivity index (χ0n) is 21.2. The minimum atomic E-state index is 0.394. The van der Waals surface area contributed by atoms with Gasteiger partial charge in [0, 0.05) is 0 Å². The molecule has 36 heavy (non-hydrogen) atoms. The van der Waals surface area contributed by atoms with Crippen LogP contribution in [-0.2, 0) is 6.42 Å². The maximum atomic E-state index is 2.52. The SMILES string of the molecule is CC1=CCC2C(=C1)C(C1=CC3B=C(C=C1)CCC=C3)=C1CCC=CC1=C2C1C=Cc2ccccc2C1. The summed E-state index contributed by atoms with van der Waals surface area (Å²) in [5.41, 5.74) is 15.0. The van der Waals surface area contributed by atoms with Gasteiger partial charge in [0.2, 0.25) is 0 Å². The second kappa shape index (κ2) is 9.04. The molecule has 2 heterocycles. The number of allylic oxidation sites excluding steroid dienone is 17. The predicted molar refractivity (Wildman–Crippen MR) is 155 cm³/mol. The van der Waals surface area contributed by atoms with Crippen molar-refractivity contribution in [1.29, 1.82) is 0 Å². The van der Waals surface area contributed by atoms with E-state index in [0.29, 0.717) is 17.7 Å². The normalized spacial score (nSPS) is 28.1. The Balaban J connectivity index is 1.42. The van der Waals surface area contributed by atoms with Gasteiger partial charge in [0.05, 0.1) is 0 Å². The molecule has 0 nitrogen and oxygen atoms in total. The summed E-state index contributed by atoms with van der Waals surface area (Å²) in [5, 5.41) is 0. The summed E-state index contributed by atoms with van der Waals surface area (Å²) in [6, 6.07) is 8.94. The first-order valence-corrected chi connectivity index (χ1v) is 13.8. The summed E-state index contributed by atoms with van der Waals surface area (Å²) in [6.07, 6.45) is 33.6. The fraction of sp³-hybridized carbons (Fsp3) is 0.286. The minimum absolute atomic E-state index is 0.394. The van der Waals surface area contributed by atoms with Crippen LogP contribution in [0.3, 0.4) is 0 Å². The van der Waals surface area contributed by atoms with E-state index in [1.165, 1.54) is 38.9 Å². The zero-order chi connectivity index (χ0) is 24.1. The van der Waals surface area contributed by atoms with E-state index in [4.69, 9.17) is 0 Å². The first-order chi connectivity index (χ1) is 17.7. The molecule has 0 fully saturated rings. The van der Waals surface area contributed by atoms with E-state index in [0.717, 1.165) is 38.5 Å². The van der Waals surface area contributed by atoms with Crippen LogP contribution in [0.25, 0.3) is 6.08 Å². The van der Waals surface area contributed by atoms with Crippen LogP contribution < -0.4 is 0 Å². The van der Waals surface area contributed by atoms with Crippen LogP contribution in [0.15, 0.2) is 124 Å². The Morgan fingerprint density at radius 3 is 2.81 bits per heavy atom. The third kappa shape index (κ3) is 3.81. The van der Waals surface area contributed by atoms with Crippen molar-refractivity contribution in [2.75, 3.05) is 0 Å². The van der Waals surface area contributed by atoms with Gasteiger partial charge in [0.1, 0.15) is 0 Å². The summed E-state index contributed by atoms with van der Waals surface area (Å²) in [4.78, 5) is 0. The van der Waals surface area contributed by atoms with Gasteiger partial charge in [0.25, 0.3) is 0 Å². The van der Waals surface area contributed by atoms with Crippen LogP contribution in [0.5, 0.6) is 0 Å². The fourth-order valence-electron chi connectivity index (χ4n) is 7.11. The van der Waals surface area contributed by atoms with Crippen molar-refractivity contribution in [2.24, 2.45) is 11.8 Å². The van der Waals surface area contributed by atoms with Gasteiger partial charge < -0.3 is 0 Å². The second-order valence-electron chi connectivity index (χ2n) is 11.1. The third-order valence-corrected chi connectivity index (χ3v) is 8.79. The number of fused-ring (bicyclic) bond motifs is 4. The van der Waals surface area contributed by atoms with Gasteiger partial charge in [-0.3, -0.25) is 0 Å². The van der Waals surface area contributed by atoms with E-state index in [1.54, 1.807) is 16.7 Å². The van der Waals surface area contributed by atoms with E-state index < -0.39 is 0 Å². The second-order valence-corrected chi connectivity index (χ2v) is 11.1. The van der Waals surface area contributed by atoms with E-state index in [1.807, 2.05) is 0 Å². The average molecular weight is 464 g/mol. The quantitative estimate of drug-likeness (QED) is 0.305. The van der Waals surface area contributed by atoms with Gasteiger partial charge in [-0.1, -0.05) is 6.07 Å². The van der Waals surface area contributed by atoms with Crippen molar-refractivity contribution in [3.8, 4) is 0 Å². The fourth-order valence-corrected chi connectivity index (χ4v) is 7.11. The molecule has 0 saturated heterocycles. The van der Waals surface area contributed by atoms with Crippen molar-refractivity contribution in [2.45, 2.75) is 51.3 Å². The number of rotatable bonds is 2.